The summed E-state index contributed by atoms with van der Waals surface area (Å²) in [6.45, 7) is 1.36. The third-order valence-electron chi connectivity index (χ3n) is 5.11. The van der Waals surface area contributed by atoms with E-state index in [0.717, 1.165) is 60.6 Å². The van der Waals surface area contributed by atoms with Crippen molar-refractivity contribution in [3.05, 3.63) is 61.7 Å². The molecule has 2 aromatic rings. The van der Waals surface area contributed by atoms with Gasteiger partial charge in [0.1, 0.15) is 5.03 Å². The molecule has 0 bridgehead atoms. The van der Waals surface area contributed by atoms with Crippen molar-refractivity contribution in [3.8, 4) is 0 Å². The number of non-ortho nitro benzene ring substituents is 1. The molecule has 0 spiro atoms. The van der Waals surface area contributed by atoms with E-state index in [4.69, 9.17) is 4.74 Å². The first-order valence-corrected chi connectivity index (χ1v) is 10.2. The first-order valence-electron chi connectivity index (χ1n) is 9.22. The summed E-state index contributed by atoms with van der Waals surface area (Å²) in [5.74, 6) is 0.552. The van der Waals surface area contributed by atoms with Crippen molar-refractivity contribution in [1.82, 2.24) is 9.55 Å². The van der Waals surface area contributed by atoms with Gasteiger partial charge in [-0.15, -0.1) is 11.8 Å². The highest BCUT2D eigenvalue weighted by atomic mass is 32.2. The van der Waals surface area contributed by atoms with Crippen molar-refractivity contribution < 1.29 is 9.66 Å². The smallest absolute Gasteiger partial charge is 0.348 e. The van der Waals surface area contributed by atoms with E-state index in [0.29, 0.717) is 12.3 Å². The van der Waals surface area contributed by atoms with Gasteiger partial charge in [0, 0.05) is 35.7 Å². The summed E-state index contributed by atoms with van der Waals surface area (Å²) in [7, 11) is 0. The molecule has 2 aliphatic rings. The Morgan fingerprint density at radius 2 is 2.22 bits per heavy atom. The number of aromatic nitrogens is 2. The van der Waals surface area contributed by atoms with E-state index >= 15 is 0 Å². The molecule has 1 aliphatic heterocycles. The summed E-state index contributed by atoms with van der Waals surface area (Å²) in [5, 5.41) is 11.7. The fraction of sp³-hybridized carbons (Fsp3) is 0.474. The van der Waals surface area contributed by atoms with Crippen LogP contribution >= 0.6 is 11.8 Å². The topological polar surface area (TPSA) is 87.3 Å². The van der Waals surface area contributed by atoms with Gasteiger partial charge >= 0.3 is 5.69 Å². The minimum atomic E-state index is -0.392. The predicted octanol–water partition coefficient (Wildman–Crippen LogP) is 3.11. The molecule has 8 heteroatoms. The molecular formula is C19H21N3O4S. The van der Waals surface area contributed by atoms with Gasteiger partial charge in [-0.3, -0.25) is 14.7 Å². The third kappa shape index (κ3) is 3.91. The summed E-state index contributed by atoms with van der Waals surface area (Å²) in [6.07, 6.45) is 4.99. The van der Waals surface area contributed by atoms with E-state index in [1.807, 2.05) is 6.07 Å². The quantitative estimate of drug-likeness (QED) is 0.328. The summed E-state index contributed by atoms with van der Waals surface area (Å²) < 4.78 is 7.49. The summed E-state index contributed by atoms with van der Waals surface area (Å²) in [5.41, 5.74) is 2.97. The van der Waals surface area contributed by atoms with Gasteiger partial charge in [-0.25, -0.2) is 4.79 Å². The molecule has 1 aromatic carbocycles. The molecule has 1 saturated heterocycles. The molecule has 0 N–H and O–H groups in total. The van der Waals surface area contributed by atoms with Crippen molar-refractivity contribution in [2.24, 2.45) is 0 Å². The molecule has 4 rings (SSSR count). The minimum Gasteiger partial charge on any atom is -0.376 e. The molecule has 7 nitrogen and oxygen atoms in total. The summed E-state index contributed by atoms with van der Waals surface area (Å²) in [4.78, 5) is 27.5. The monoisotopic (exact) mass is 387 g/mol. The van der Waals surface area contributed by atoms with E-state index in [9.17, 15) is 14.9 Å². The van der Waals surface area contributed by atoms with Crippen LogP contribution in [0.2, 0.25) is 0 Å². The number of hydrogen-bond acceptors (Lipinski definition) is 6. The molecule has 0 unspecified atom stereocenters. The molecular weight excluding hydrogens is 366 g/mol. The number of benzene rings is 1. The lowest BCUT2D eigenvalue weighted by molar-refractivity contribution is -0.384. The van der Waals surface area contributed by atoms with Crippen LogP contribution in [-0.4, -0.2) is 27.2 Å². The number of nitro benzene ring substituents is 1. The van der Waals surface area contributed by atoms with Gasteiger partial charge in [-0.05, 0) is 37.7 Å². The lowest BCUT2D eigenvalue weighted by Gasteiger charge is -2.17. The van der Waals surface area contributed by atoms with Crippen molar-refractivity contribution in [1.29, 1.82) is 0 Å². The van der Waals surface area contributed by atoms with Crippen LogP contribution in [0, 0.1) is 10.1 Å². The zero-order valence-corrected chi connectivity index (χ0v) is 15.7. The first-order chi connectivity index (χ1) is 13.1. The Morgan fingerprint density at radius 1 is 1.33 bits per heavy atom. The highest BCUT2D eigenvalue weighted by molar-refractivity contribution is 7.98. The molecule has 1 aromatic heterocycles. The second-order valence-electron chi connectivity index (χ2n) is 6.94. The first kappa shape index (κ1) is 18.2. The maximum absolute atomic E-state index is 12.6. The summed E-state index contributed by atoms with van der Waals surface area (Å²) >= 11 is 1.49. The highest BCUT2D eigenvalue weighted by Crippen LogP contribution is 2.32. The standard InChI is InChI=1S/C19H21N3O4S/c23-19-20-18(27-12-13-4-1-5-14(10-13)22(24)25)16-7-2-8-17(16)21(19)11-15-6-3-9-26-15/h1,4-5,10,15H,2-3,6-9,11-12H2/t15-/m1/s1. The van der Waals surface area contributed by atoms with Crippen molar-refractivity contribution >= 4 is 17.4 Å². The Labute approximate surface area is 160 Å². The van der Waals surface area contributed by atoms with Crippen LogP contribution < -0.4 is 5.69 Å². The predicted molar refractivity (Wildman–Crippen MR) is 102 cm³/mol. The van der Waals surface area contributed by atoms with Crippen LogP contribution in [0.5, 0.6) is 0 Å². The number of rotatable bonds is 6. The molecule has 142 valence electrons. The second-order valence-corrected chi connectivity index (χ2v) is 7.90. The average Bonchev–Trinajstić information content (AvgIpc) is 3.34. The van der Waals surface area contributed by atoms with E-state index < -0.39 is 4.92 Å². The number of nitro groups is 1. The van der Waals surface area contributed by atoms with Gasteiger partial charge in [0.15, 0.2) is 0 Å². The van der Waals surface area contributed by atoms with Gasteiger partial charge in [-0.1, -0.05) is 12.1 Å². The largest absolute Gasteiger partial charge is 0.376 e. The van der Waals surface area contributed by atoms with Gasteiger partial charge in [-0.2, -0.15) is 4.98 Å². The summed E-state index contributed by atoms with van der Waals surface area (Å²) in [6, 6.07) is 6.60. The Bertz CT molecular complexity index is 922. The molecule has 1 fully saturated rings. The molecule has 0 saturated carbocycles. The number of nitrogens with zero attached hydrogens (tertiary/aromatic N) is 3. The van der Waals surface area contributed by atoms with Gasteiger partial charge in [0.05, 0.1) is 17.6 Å². The second kappa shape index (κ2) is 7.82. The fourth-order valence-corrected chi connectivity index (χ4v) is 4.82. The number of ether oxygens (including phenoxy) is 1. The van der Waals surface area contributed by atoms with Crippen LogP contribution in [0.3, 0.4) is 0 Å². The lowest BCUT2D eigenvalue weighted by atomic mass is 10.2. The maximum atomic E-state index is 12.6. The van der Waals surface area contributed by atoms with Crippen molar-refractivity contribution in [2.75, 3.05) is 6.61 Å². The van der Waals surface area contributed by atoms with Crippen LogP contribution in [0.15, 0.2) is 34.1 Å². The Hall–Kier alpha value is -2.19. The minimum absolute atomic E-state index is 0.0817. The Kier molecular flexibility index (Phi) is 5.27. The number of thioether (sulfide) groups is 1. The maximum Gasteiger partial charge on any atom is 0.348 e. The Morgan fingerprint density at radius 3 is 3.00 bits per heavy atom. The van der Waals surface area contributed by atoms with Crippen LogP contribution in [0.25, 0.3) is 0 Å². The molecule has 0 amide bonds. The highest BCUT2D eigenvalue weighted by Gasteiger charge is 2.25. The van der Waals surface area contributed by atoms with Gasteiger partial charge < -0.3 is 4.74 Å². The van der Waals surface area contributed by atoms with Crippen molar-refractivity contribution in [3.63, 3.8) is 0 Å². The van der Waals surface area contributed by atoms with E-state index in [-0.39, 0.29) is 17.5 Å². The zero-order valence-electron chi connectivity index (χ0n) is 14.9. The fourth-order valence-electron chi connectivity index (χ4n) is 3.80. The van der Waals surface area contributed by atoms with Gasteiger partial charge in [0.2, 0.25) is 0 Å². The normalized spacial score (nSPS) is 18.6. The van der Waals surface area contributed by atoms with Gasteiger partial charge in [0.25, 0.3) is 5.69 Å². The molecule has 27 heavy (non-hydrogen) atoms. The third-order valence-corrected chi connectivity index (χ3v) is 6.20. The van der Waals surface area contributed by atoms with E-state index in [2.05, 4.69) is 4.98 Å². The van der Waals surface area contributed by atoms with Crippen LogP contribution in [-0.2, 0) is 29.9 Å². The van der Waals surface area contributed by atoms with E-state index in [1.165, 1.54) is 17.8 Å². The molecule has 1 aliphatic carbocycles. The molecule has 2 heterocycles. The lowest BCUT2D eigenvalue weighted by Crippen LogP contribution is -2.31. The average molecular weight is 387 g/mol. The van der Waals surface area contributed by atoms with E-state index in [1.54, 1.807) is 16.7 Å². The zero-order chi connectivity index (χ0) is 18.8. The Balaban J connectivity index is 1.56. The van der Waals surface area contributed by atoms with Crippen LogP contribution in [0.4, 0.5) is 5.69 Å². The van der Waals surface area contributed by atoms with Crippen LogP contribution in [0.1, 0.15) is 36.1 Å². The molecule has 0 radical (unpaired) electrons. The SMILES string of the molecule is O=c1nc(SCc2cccc([N+](=O)[O-])c2)c2c(n1C[C@H]1CCCO1)CCC2. The molecule has 1 atom stereocenters. The number of fused-ring (bicyclic) bond motifs is 1. The van der Waals surface area contributed by atoms with Crippen molar-refractivity contribution in [2.45, 2.75) is 55.5 Å². The number of hydrogen-bond donors (Lipinski definition) is 0.